The van der Waals surface area contributed by atoms with Crippen molar-refractivity contribution in [3.8, 4) is 0 Å². The first-order valence-corrected chi connectivity index (χ1v) is 6.59. The summed E-state index contributed by atoms with van der Waals surface area (Å²) >= 11 is 0. The summed E-state index contributed by atoms with van der Waals surface area (Å²) in [5.41, 5.74) is 1.67. The Morgan fingerprint density at radius 1 is 1.33 bits per heavy atom. The standard InChI is InChI=1S/C15H17N3O.2ClH/c1-16-13-6-8-18(10-13)15(19)12-4-5-14-11(9-12)3-2-7-17-14;;/h2-5,7,9,13,16H,6,8,10H2,1H3;2*1H. The number of aromatic nitrogens is 1. The van der Waals surface area contributed by atoms with E-state index in [1.165, 1.54) is 0 Å². The number of likely N-dealkylation sites (N-methyl/N-ethyl adjacent to an activating group) is 1. The van der Waals surface area contributed by atoms with Crippen molar-refractivity contribution in [1.82, 2.24) is 15.2 Å². The monoisotopic (exact) mass is 327 g/mol. The Morgan fingerprint density at radius 3 is 2.86 bits per heavy atom. The Balaban J connectivity index is 0.00000110. The first-order valence-electron chi connectivity index (χ1n) is 6.59. The summed E-state index contributed by atoms with van der Waals surface area (Å²) in [5, 5.41) is 4.24. The van der Waals surface area contributed by atoms with Crippen LogP contribution in [0.2, 0.25) is 0 Å². The lowest BCUT2D eigenvalue weighted by molar-refractivity contribution is 0.0790. The normalized spacial score (nSPS) is 17.2. The van der Waals surface area contributed by atoms with Gasteiger partial charge in [-0.3, -0.25) is 9.78 Å². The van der Waals surface area contributed by atoms with E-state index in [0.717, 1.165) is 36.0 Å². The van der Waals surface area contributed by atoms with Crippen LogP contribution in [0.4, 0.5) is 0 Å². The van der Waals surface area contributed by atoms with Crippen LogP contribution in [-0.4, -0.2) is 42.0 Å². The Hall–Kier alpha value is -1.36. The van der Waals surface area contributed by atoms with Gasteiger partial charge >= 0.3 is 0 Å². The zero-order valence-corrected chi connectivity index (χ0v) is 13.4. The van der Waals surface area contributed by atoms with Gasteiger partial charge in [0.05, 0.1) is 5.52 Å². The van der Waals surface area contributed by atoms with Crippen molar-refractivity contribution in [2.75, 3.05) is 20.1 Å². The van der Waals surface area contributed by atoms with E-state index >= 15 is 0 Å². The number of nitrogens with one attached hydrogen (secondary N) is 1. The number of halogens is 2. The fourth-order valence-corrected chi connectivity index (χ4v) is 2.57. The lowest BCUT2D eigenvalue weighted by Gasteiger charge is -2.16. The maximum Gasteiger partial charge on any atom is 0.253 e. The number of hydrogen-bond donors (Lipinski definition) is 1. The minimum Gasteiger partial charge on any atom is -0.337 e. The third-order valence-electron chi connectivity index (χ3n) is 3.73. The van der Waals surface area contributed by atoms with E-state index in [1.807, 2.05) is 42.3 Å². The predicted octanol–water partition coefficient (Wildman–Crippen LogP) is 2.51. The molecule has 1 fully saturated rings. The average Bonchev–Trinajstić information content (AvgIpc) is 2.95. The Morgan fingerprint density at radius 2 is 2.14 bits per heavy atom. The minimum absolute atomic E-state index is 0. The molecule has 1 unspecified atom stereocenters. The second-order valence-corrected chi connectivity index (χ2v) is 4.94. The number of carbonyl (C=O) groups is 1. The van der Waals surface area contributed by atoms with E-state index in [9.17, 15) is 4.79 Å². The molecule has 3 rings (SSSR count). The molecule has 0 bridgehead atoms. The number of benzene rings is 1. The van der Waals surface area contributed by atoms with E-state index in [2.05, 4.69) is 10.3 Å². The highest BCUT2D eigenvalue weighted by Crippen LogP contribution is 2.17. The highest BCUT2D eigenvalue weighted by molar-refractivity contribution is 5.98. The molecule has 2 heterocycles. The van der Waals surface area contributed by atoms with Crippen LogP contribution in [0.15, 0.2) is 36.5 Å². The molecule has 0 saturated carbocycles. The summed E-state index contributed by atoms with van der Waals surface area (Å²) in [5.74, 6) is 0.114. The molecule has 1 aliphatic heterocycles. The lowest BCUT2D eigenvalue weighted by atomic mass is 10.1. The SMILES string of the molecule is CNC1CCN(C(=O)c2ccc3ncccc3c2)C1.Cl.Cl. The summed E-state index contributed by atoms with van der Waals surface area (Å²) in [7, 11) is 1.94. The molecule has 6 heteroatoms. The quantitative estimate of drug-likeness (QED) is 0.921. The van der Waals surface area contributed by atoms with Gasteiger partial charge in [0.25, 0.3) is 5.91 Å². The lowest BCUT2D eigenvalue weighted by Crippen LogP contribution is -2.33. The number of carbonyl (C=O) groups excluding carboxylic acids is 1. The van der Waals surface area contributed by atoms with Crippen LogP contribution >= 0.6 is 24.8 Å². The van der Waals surface area contributed by atoms with Crippen molar-refractivity contribution >= 4 is 41.6 Å². The largest absolute Gasteiger partial charge is 0.337 e. The molecule has 1 aromatic heterocycles. The number of amides is 1. The third-order valence-corrected chi connectivity index (χ3v) is 3.73. The fourth-order valence-electron chi connectivity index (χ4n) is 2.57. The number of pyridine rings is 1. The molecule has 1 atom stereocenters. The van der Waals surface area contributed by atoms with Crippen molar-refractivity contribution in [1.29, 1.82) is 0 Å². The number of fused-ring (bicyclic) bond motifs is 1. The molecule has 1 amide bonds. The zero-order chi connectivity index (χ0) is 13.2. The second-order valence-electron chi connectivity index (χ2n) is 4.94. The summed E-state index contributed by atoms with van der Waals surface area (Å²) in [4.78, 5) is 18.6. The zero-order valence-electron chi connectivity index (χ0n) is 11.8. The number of nitrogens with zero attached hydrogens (tertiary/aromatic N) is 2. The van der Waals surface area contributed by atoms with Gasteiger partial charge in [-0.1, -0.05) is 6.07 Å². The fraction of sp³-hybridized carbons (Fsp3) is 0.333. The first kappa shape index (κ1) is 17.7. The average molecular weight is 328 g/mol. The highest BCUT2D eigenvalue weighted by atomic mass is 35.5. The van der Waals surface area contributed by atoms with Crippen LogP contribution < -0.4 is 5.32 Å². The van der Waals surface area contributed by atoms with E-state index in [-0.39, 0.29) is 30.7 Å². The molecule has 4 nitrogen and oxygen atoms in total. The van der Waals surface area contributed by atoms with Gasteiger partial charge in [-0.05, 0) is 37.7 Å². The molecular weight excluding hydrogens is 309 g/mol. The smallest absolute Gasteiger partial charge is 0.253 e. The molecule has 0 spiro atoms. The van der Waals surface area contributed by atoms with Crippen LogP contribution in [-0.2, 0) is 0 Å². The Labute approximate surface area is 136 Å². The summed E-state index contributed by atoms with van der Waals surface area (Å²) in [6.07, 6.45) is 2.79. The maximum absolute atomic E-state index is 12.4. The first-order chi connectivity index (χ1) is 9.28. The van der Waals surface area contributed by atoms with Gasteiger partial charge in [-0.25, -0.2) is 0 Å². The van der Waals surface area contributed by atoms with Crippen molar-refractivity contribution in [3.63, 3.8) is 0 Å². The third kappa shape index (κ3) is 3.64. The minimum atomic E-state index is 0. The molecule has 2 aromatic rings. The van der Waals surface area contributed by atoms with Crippen molar-refractivity contribution in [2.45, 2.75) is 12.5 Å². The van der Waals surface area contributed by atoms with Gasteiger partial charge in [-0.2, -0.15) is 0 Å². The van der Waals surface area contributed by atoms with E-state index < -0.39 is 0 Å². The van der Waals surface area contributed by atoms with E-state index in [4.69, 9.17) is 0 Å². The summed E-state index contributed by atoms with van der Waals surface area (Å²) < 4.78 is 0. The van der Waals surface area contributed by atoms with Crippen molar-refractivity contribution < 1.29 is 4.79 Å². The molecule has 114 valence electrons. The van der Waals surface area contributed by atoms with Gasteiger partial charge in [0.2, 0.25) is 0 Å². The molecule has 0 aliphatic carbocycles. The van der Waals surface area contributed by atoms with Crippen LogP contribution in [0.5, 0.6) is 0 Å². The summed E-state index contributed by atoms with van der Waals surface area (Å²) in [6.45, 7) is 1.62. The highest BCUT2D eigenvalue weighted by Gasteiger charge is 2.25. The van der Waals surface area contributed by atoms with Gasteiger partial charge in [-0.15, -0.1) is 24.8 Å². The van der Waals surface area contributed by atoms with Gasteiger partial charge in [0.15, 0.2) is 0 Å². The van der Waals surface area contributed by atoms with Crippen LogP contribution in [0, 0.1) is 0 Å². The van der Waals surface area contributed by atoms with Crippen molar-refractivity contribution in [2.24, 2.45) is 0 Å². The second kappa shape index (κ2) is 7.59. The van der Waals surface area contributed by atoms with Gasteiger partial charge in [0.1, 0.15) is 0 Å². The molecule has 1 aromatic carbocycles. The number of hydrogen-bond acceptors (Lipinski definition) is 3. The van der Waals surface area contributed by atoms with E-state index in [0.29, 0.717) is 6.04 Å². The van der Waals surface area contributed by atoms with Crippen LogP contribution in [0.1, 0.15) is 16.8 Å². The van der Waals surface area contributed by atoms with Crippen LogP contribution in [0.3, 0.4) is 0 Å². The molecular formula is C15H19Cl2N3O. The Kier molecular flexibility index (Phi) is 6.40. The van der Waals surface area contributed by atoms with Gasteiger partial charge in [0, 0.05) is 36.3 Å². The molecule has 1 saturated heterocycles. The van der Waals surface area contributed by atoms with Crippen molar-refractivity contribution in [3.05, 3.63) is 42.1 Å². The number of rotatable bonds is 2. The predicted molar refractivity (Wildman–Crippen MR) is 89.6 cm³/mol. The Bertz CT molecular complexity index is 621. The number of likely N-dealkylation sites (tertiary alicyclic amines) is 1. The van der Waals surface area contributed by atoms with E-state index in [1.54, 1.807) is 6.20 Å². The molecule has 21 heavy (non-hydrogen) atoms. The summed E-state index contributed by atoms with van der Waals surface area (Å²) in [6, 6.07) is 10.0. The molecule has 1 N–H and O–H groups in total. The molecule has 1 aliphatic rings. The maximum atomic E-state index is 12.4. The van der Waals surface area contributed by atoms with Gasteiger partial charge < -0.3 is 10.2 Å². The topological polar surface area (TPSA) is 45.2 Å². The van der Waals surface area contributed by atoms with Crippen LogP contribution in [0.25, 0.3) is 10.9 Å². The molecule has 0 radical (unpaired) electrons.